The monoisotopic (exact) mass is 368 g/mol. The number of halogens is 1. The van der Waals surface area contributed by atoms with E-state index in [0.717, 1.165) is 0 Å². The maximum Gasteiger partial charge on any atom is 0.261 e. The number of hydrogen-bond acceptors (Lipinski definition) is 4. The molecule has 0 aromatic heterocycles. The summed E-state index contributed by atoms with van der Waals surface area (Å²) in [6.45, 7) is 3.08. The Hall–Kier alpha value is -2.25. The Morgan fingerprint density at radius 3 is 2.42 bits per heavy atom. The van der Waals surface area contributed by atoms with Crippen molar-refractivity contribution in [2.45, 2.75) is 18.7 Å². The zero-order chi connectivity index (χ0) is 17.9. The first-order chi connectivity index (χ1) is 11.2. The second-order valence-corrected chi connectivity index (χ2v) is 7.23. The van der Waals surface area contributed by atoms with E-state index in [9.17, 15) is 13.2 Å². The zero-order valence-corrected chi connectivity index (χ0v) is 15.0. The summed E-state index contributed by atoms with van der Waals surface area (Å²) in [6, 6.07) is 9.08. The van der Waals surface area contributed by atoms with Crippen LogP contribution >= 0.6 is 11.6 Å². The van der Waals surface area contributed by atoms with Gasteiger partial charge in [-0.2, -0.15) is 0 Å². The highest BCUT2D eigenvalue weighted by Gasteiger charge is 2.18. The van der Waals surface area contributed by atoms with Gasteiger partial charge in [-0.05, 0) is 48.9 Å². The third-order valence-electron chi connectivity index (χ3n) is 3.22. The summed E-state index contributed by atoms with van der Waals surface area (Å²) in [4.78, 5) is 11.3. The van der Waals surface area contributed by atoms with Crippen LogP contribution in [0.25, 0.3) is 0 Å². The standard InChI is InChI=1S/C16H17ClN2O4S/c1-10-8-12(17)4-6-14(10)19-24(21,22)13-5-7-16(23-3)15(9-13)18-11(2)20/h4-9,19H,1-3H3,(H,18,20). The molecule has 0 radical (unpaired) electrons. The number of methoxy groups -OCH3 is 1. The molecule has 0 unspecified atom stereocenters. The number of amides is 1. The molecule has 2 N–H and O–H groups in total. The largest absolute Gasteiger partial charge is 0.495 e. The number of rotatable bonds is 5. The number of carbonyl (C=O) groups excluding carboxylic acids is 1. The van der Waals surface area contributed by atoms with Gasteiger partial charge in [0, 0.05) is 11.9 Å². The molecule has 2 aromatic carbocycles. The van der Waals surface area contributed by atoms with Crippen LogP contribution in [0.1, 0.15) is 12.5 Å². The third kappa shape index (κ3) is 4.18. The fraction of sp³-hybridized carbons (Fsp3) is 0.188. The Kier molecular flexibility index (Phi) is 5.36. The van der Waals surface area contributed by atoms with Crippen LogP contribution in [0, 0.1) is 6.92 Å². The van der Waals surface area contributed by atoms with Crippen molar-refractivity contribution in [3.05, 3.63) is 47.0 Å². The van der Waals surface area contributed by atoms with Crippen molar-refractivity contribution in [2.24, 2.45) is 0 Å². The molecular weight excluding hydrogens is 352 g/mol. The molecule has 2 aromatic rings. The Balaban J connectivity index is 2.40. The summed E-state index contributed by atoms with van der Waals surface area (Å²) in [7, 11) is -2.40. The van der Waals surface area contributed by atoms with E-state index >= 15 is 0 Å². The van der Waals surface area contributed by atoms with Crippen molar-refractivity contribution in [1.82, 2.24) is 0 Å². The maximum absolute atomic E-state index is 12.6. The van der Waals surface area contributed by atoms with Gasteiger partial charge in [0.1, 0.15) is 5.75 Å². The van der Waals surface area contributed by atoms with E-state index in [4.69, 9.17) is 16.3 Å². The smallest absolute Gasteiger partial charge is 0.261 e. The topological polar surface area (TPSA) is 84.5 Å². The number of anilines is 2. The summed E-state index contributed by atoms with van der Waals surface area (Å²) in [5.41, 5.74) is 1.40. The molecule has 24 heavy (non-hydrogen) atoms. The zero-order valence-electron chi connectivity index (χ0n) is 13.4. The Morgan fingerprint density at radius 2 is 1.83 bits per heavy atom. The first-order valence-electron chi connectivity index (χ1n) is 6.97. The number of hydrogen-bond donors (Lipinski definition) is 2. The third-order valence-corrected chi connectivity index (χ3v) is 4.82. The molecule has 128 valence electrons. The van der Waals surface area contributed by atoms with Crippen molar-refractivity contribution in [3.8, 4) is 5.75 Å². The molecule has 0 heterocycles. The van der Waals surface area contributed by atoms with Crippen molar-refractivity contribution in [2.75, 3.05) is 17.1 Å². The first-order valence-corrected chi connectivity index (χ1v) is 8.83. The number of aryl methyl sites for hydroxylation is 1. The van der Waals surface area contributed by atoms with Gasteiger partial charge in [-0.15, -0.1) is 0 Å². The minimum Gasteiger partial charge on any atom is -0.495 e. The fourth-order valence-corrected chi connectivity index (χ4v) is 3.47. The van der Waals surface area contributed by atoms with E-state index in [-0.39, 0.29) is 16.5 Å². The Bertz CT molecular complexity index is 882. The van der Waals surface area contributed by atoms with Crippen LogP contribution in [-0.4, -0.2) is 21.4 Å². The van der Waals surface area contributed by atoms with Crippen LogP contribution in [0.3, 0.4) is 0 Å². The van der Waals surface area contributed by atoms with Crippen LogP contribution in [-0.2, 0) is 14.8 Å². The van der Waals surface area contributed by atoms with Gasteiger partial charge < -0.3 is 10.1 Å². The van der Waals surface area contributed by atoms with Gasteiger partial charge in [0.2, 0.25) is 5.91 Å². The minimum absolute atomic E-state index is 0.00130. The lowest BCUT2D eigenvalue weighted by Gasteiger charge is -2.14. The number of carbonyl (C=O) groups is 1. The lowest BCUT2D eigenvalue weighted by atomic mass is 10.2. The average Bonchev–Trinajstić information content (AvgIpc) is 2.49. The average molecular weight is 369 g/mol. The predicted octanol–water partition coefficient (Wildman–Crippen LogP) is 3.42. The van der Waals surface area contributed by atoms with Gasteiger partial charge in [0.25, 0.3) is 10.0 Å². The maximum atomic E-state index is 12.6. The van der Waals surface area contributed by atoms with E-state index in [0.29, 0.717) is 22.0 Å². The highest BCUT2D eigenvalue weighted by molar-refractivity contribution is 7.92. The summed E-state index contributed by atoms with van der Waals surface area (Å²) in [6.07, 6.45) is 0. The molecule has 2 rings (SSSR count). The normalized spacial score (nSPS) is 11.0. The summed E-state index contributed by atoms with van der Waals surface area (Å²) < 4.78 is 32.8. The van der Waals surface area contributed by atoms with E-state index in [1.165, 1.54) is 32.2 Å². The predicted molar refractivity (Wildman–Crippen MR) is 94.3 cm³/mol. The molecular formula is C16H17ClN2O4S. The summed E-state index contributed by atoms with van der Waals surface area (Å²) in [5, 5.41) is 3.07. The quantitative estimate of drug-likeness (QED) is 0.846. The van der Waals surface area contributed by atoms with E-state index in [1.807, 2.05) is 0 Å². The van der Waals surface area contributed by atoms with Crippen LogP contribution in [0.4, 0.5) is 11.4 Å². The van der Waals surface area contributed by atoms with Crippen LogP contribution in [0.2, 0.25) is 5.02 Å². The highest BCUT2D eigenvalue weighted by atomic mass is 35.5. The Morgan fingerprint density at radius 1 is 1.12 bits per heavy atom. The van der Waals surface area contributed by atoms with Crippen molar-refractivity contribution < 1.29 is 17.9 Å². The molecule has 0 bridgehead atoms. The SMILES string of the molecule is COc1ccc(S(=O)(=O)Nc2ccc(Cl)cc2C)cc1NC(C)=O. The van der Waals surface area contributed by atoms with E-state index in [1.54, 1.807) is 25.1 Å². The van der Waals surface area contributed by atoms with E-state index < -0.39 is 10.0 Å². The molecule has 0 saturated heterocycles. The molecule has 0 aliphatic carbocycles. The summed E-state index contributed by atoms with van der Waals surface area (Å²) in [5.74, 6) is 0.0381. The molecule has 0 saturated carbocycles. The number of nitrogens with one attached hydrogen (secondary N) is 2. The number of sulfonamides is 1. The summed E-state index contributed by atoms with van der Waals surface area (Å²) >= 11 is 5.88. The second kappa shape index (κ2) is 7.11. The van der Waals surface area contributed by atoms with Gasteiger partial charge in [0.15, 0.2) is 0 Å². The molecule has 0 aliphatic rings. The van der Waals surface area contributed by atoms with Gasteiger partial charge in [-0.25, -0.2) is 8.42 Å². The van der Waals surface area contributed by atoms with Crippen molar-refractivity contribution >= 4 is 38.9 Å². The molecule has 0 aliphatic heterocycles. The van der Waals surface area contributed by atoms with Crippen molar-refractivity contribution in [3.63, 3.8) is 0 Å². The van der Waals surface area contributed by atoms with Gasteiger partial charge in [-0.3, -0.25) is 9.52 Å². The van der Waals surface area contributed by atoms with Crippen molar-refractivity contribution in [1.29, 1.82) is 0 Å². The lowest BCUT2D eigenvalue weighted by molar-refractivity contribution is -0.114. The molecule has 8 heteroatoms. The van der Waals surface area contributed by atoms with Crippen LogP contribution in [0.5, 0.6) is 5.75 Å². The lowest BCUT2D eigenvalue weighted by Crippen LogP contribution is -2.15. The minimum atomic E-state index is -3.83. The van der Waals surface area contributed by atoms with Gasteiger partial charge in [0.05, 0.1) is 23.4 Å². The molecule has 0 atom stereocenters. The van der Waals surface area contributed by atoms with Gasteiger partial charge >= 0.3 is 0 Å². The highest BCUT2D eigenvalue weighted by Crippen LogP contribution is 2.29. The molecule has 6 nitrogen and oxygen atoms in total. The second-order valence-electron chi connectivity index (χ2n) is 5.11. The molecule has 0 fully saturated rings. The Labute approximate surface area is 145 Å². The van der Waals surface area contributed by atoms with Crippen LogP contribution in [0.15, 0.2) is 41.3 Å². The number of ether oxygens (including phenoxy) is 1. The fourth-order valence-electron chi connectivity index (χ4n) is 2.09. The van der Waals surface area contributed by atoms with Gasteiger partial charge in [-0.1, -0.05) is 11.6 Å². The van der Waals surface area contributed by atoms with Crippen LogP contribution < -0.4 is 14.8 Å². The number of benzene rings is 2. The first kappa shape index (κ1) is 18.1. The molecule has 1 amide bonds. The van der Waals surface area contributed by atoms with E-state index in [2.05, 4.69) is 10.0 Å². The molecule has 0 spiro atoms.